The third-order valence-corrected chi connectivity index (χ3v) is 4.60. The summed E-state index contributed by atoms with van der Waals surface area (Å²) in [5.74, 6) is -0.305. The fourth-order valence-electron chi connectivity index (χ4n) is 2.25. The van der Waals surface area contributed by atoms with Crippen LogP contribution in [0.3, 0.4) is 0 Å². The fourth-order valence-corrected chi connectivity index (χ4v) is 3.52. The van der Waals surface area contributed by atoms with Crippen LogP contribution in [0.15, 0.2) is 35.3 Å². The number of nitrogens with zero attached hydrogens (tertiary/aromatic N) is 1. The third-order valence-electron chi connectivity index (χ3n) is 3.22. The van der Waals surface area contributed by atoms with Crippen LogP contribution in [0.25, 0.3) is 0 Å². The Balaban J connectivity index is 1.73. The molecule has 0 N–H and O–H groups in total. The number of carbonyl (C=O) groups excluding carboxylic acids is 1. The van der Waals surface area contributed by atoms with Crippen LogP contribution in [0, 0.1) is 0 Å². The van der Waals surface area contributed by atoms with Gasteiger partial charge >= 0.3 is 5.97 Å². The Morgan fingerprint density at radius 1 is 1.38 bits per heavy atom. The summed E-state index contributed by atoms with van der Waals surface area (Å²) in [6.07, 6.45) is 1.44. The molecular formula is C16H14ClNO2S. The highest BCUT2D eigenvalue weighted by molar-refractivity contribution is 7.12. The number of benzene rings is 1. The monoisotopic (exact) mass is 319 g/mol. The molecule has 108 valence electrons. The highest BCUT2D eigenvalue weighted by atomic mass is 35.5. The maximum Gasteiger partial charge on any atom is 0.353 e. The first-order valence-corrected chi connectivity index (χ1v) is 7.96. The molecule has 0 saturated heterocycles. The number of thiophene rings is 1. The van der Waals surface area contributed by atoms with Crippen molar-refractivity contribution >= 4 is 40.3 Å². The largest absolute Gasteiger partial charge is 0.461 e. The van der Waals surface area contributed by atoms with Crippen LogP contribution in [0.2, 0.25) is 5.02 Å². The van der Waals surface area contributed by atoms with Crippen LogP contribution < -0.4 is 0 Å². The molecule has 21 heavy (non-hydrogen) atoms. The van der Waals surface area contributed by atoms with E-state index in [9.17, 15) is 4.79 Å². The first kappa shape index (κ1) is 14.3. The van der Waals surface area contributed by atoms with Gasteiger partial charge in [-0.3, -0.25) is 0 Å². The van der Waals surface area contributed by atoms with Crippen LogP contribution >= 0.6 is 22.9 Å². The predicted molar refractivity (Wildman–Crippen MR) is 86.0 cm³/mol. The molecule has 2 heterocycles. The van der Waals surface area contributed by atoms with Gasteiger partial charge in [-0.2, -0.15) is 0 Å². The SMILES string of the molecule is CCOC(=O)C1=Nc2cc(Cc3ccc(Cl)cc3)sc2C1. The molecule has 0 atom stereocenters. The zero-order valence-electron chi connectivity index (χ0n) is 11.6. The number of hydrogen-bond donors (Lipinski definition) is 0. The average Bonchev–Trinajstić information content (AvgIpc) is 3.00. The van der Waals surface area contributed by atoms with E-state index in [1.165, 1.54) is 10.4 Å². The fraction of sp³-hybridized carbons (Fsp3) is 0.250. The van der Waals surface area contributed by atoms with Crippen molar-refractivity contribution in [2.24, 2.45) is 4.99 Å². The number of ether oxygens (including phenoxy) is 1. The molecule has 0 amide bonds. The van der Waals surface area contributed by atoms with Crippen molar-refractivity contribution in [2.45, 2.75) is 19.8 Å². The highest BCUT2D eigenvalue weighted by Gasteiger charge is 2.24. The van der Waals surface area contributed by atoms with Crippen molar-refractivity contribution in [3.63, 3.8) is 0 Å². The second-order valence-corrected chi connectivity index (χ2v) is 6.44. The molecule has 0 fully saturated rings. The maximum atomic E-state index is 11.7. The smallest absolute Gasteiger partial charge is 0.353 e. The molecule has 5 heteroatoms. The molecule has 1 aromatic carbocycles. The quantitative estimate of drug-likeness (QED) is 0.793. The molecule has 0 unspecified atom stereocenters. The van der Waals surface area contributed by atoms with Crippen LogP contribution in [0.4, 0.5) is 5.69 Å². The standard InChI is InChI=1S/C16H14ClNO2S/c1-2-20-16(19)14-9-15-13(18-14)8-12(21-15)7-10-3-5-11(17)6-4-10/h3-6,8H,2,7,9H2,1H3. The highest BCUT2D eigenvalue weighted by Crippen LogP contribution is 2.36. The number of aliphatic imine (C=N–C) groups is 1. The Hall–Kier alpha value is -1.65. The van der Waals surface area contributed by atoms with Gasteiger partial charge in [0, 0.05) is 27.6 Å². The number of carbonyl (C=O) groups is 1. The lowest BCUT2D eigenvalue weighted by Crippen LogP contribution is -2.17. The summed E-state index contributed by atoms with van der Waals surface area (Å²) in [4.78, 5) is 18.4. The van der Waals surface area contributed by atoms with E-state index in [0.29, 0.717) is 18.7 Å². The van der Waals surface area contributed by atoms with Crippen molar-refractivity contribution in [2.75, 3.05) is 6.61 Å². The first-order valence-electron chi connectivity index (χ1n) is 6.76. The van der Waals surface area contributed by atoms with Gasteiger partial charge in [-0.1, -0.05) is 23.7 Å². The zero-order chi connectivity index (χ0) is 14.8. The molecule has 2 aromatic rings. The van der Waals surface area contributed by atoms with E-state index in [1.807, 2.05) is 24.3 Å². The molecule has 1 aromatic heterocycles. The van der Waals surface area contributed by atoms with E-state index in [1.54, 1.807) is 18.3 Å². The number of halogens is 1. The van der Waals surface area contributed by atoms with Crippen molar-refractivity contribution in [3.8, 4) is 0 Å². The normalized spacial score (nSPS) is 13.0. The second kappa shape index (κ2) is 6.00. The summed E-state index contributed by atoms with van der Waals surface area (Å²) in [7, 11) is 0. The topological polar surface area (TPSA) is 38.7 Å². The summed E-state index contributed by atoms with van der Waals surface area (Å²) < 4.78 is 4.99. The molecule has 0 aliphatic carbocycles. The van der Waals surface area contributed by atoms with Gasteiger partial charge in [0.2, 0.25) is 0 Å². The predicted octanol–water partition coefficient (Wildman–Crippen LogP) is 4.18. The van der Waals surface area contributed by atoms with Crippen molar-refractivity contribution in [1.82, 2.24) is 0 Å². The van der Waals surface area contributed by atoms with E-state index in [4.69, 9.17) is 16.3 Å². The minimum atomic E-state index is -0.305. The lowest BCUT2D eigenvalue weighted by atomic mass is 10.1. The summed E-state index contributed by atoms with van der Waals surface area (Å²) >= 11 is 7.59. The molecule has 0 radical (unpaired) electrons. The minimum absolute atomic E-state index is 0.305. The Kier molecular flexibility index (Phi) is 4.08. The van der Waals surface area contributed by atoms with Crippen molar-refractivity contribution in [1.29, 1.82) is 0 Å². The van der Waals surface area contributed by atoms with Gasteiger partial charge in [-0.05, 0) is 30.7 Å². The summed E-state index contributed by atoms with van der Waals surface area (Å²) in [6, 6.07) is 9.91. The van der Waals surface area contributed by atoms with Gasteiger partial charge in [0.1, 0.15) is 5.71 Å². The maximum absolute atomic E-state index is 11.7. The summed E-state index contributed by atoms with van der Waals surface area (Å²) in [5, 5.41) is 0.746. The molecule has 1 aliphatic rings. The van der Waals surface area contributed by atoms with E-state index < -0.39 is 0 Å². The van der Waals surface area contributed by atoms with Gasteiger partial charge in [-0.25, -0.2) is 9.79 Å². The van der Waals surface area contributed by atoms with Crippen LogP contribution in [-0.2, 0) is 22.4 Å². The van der Waals surface area contributed by atoms with Crippen LogP contribution in [0.1, 0.15) is 22.2 Å². The molecule has 1 aliphatic heterocycles. The van der Waals surface area contributed by atoms with Gasteiger partial charge in [-0.15, -0.1) is 11.3 Å². The lowest BCUT2D eigenvalue weighted by Gasteiger charge is -2.00. The lowest BCUT2D eigenvalue weighted by molar-refractivity contribution is -0.135. The minimum Gasteiger partial charge on any atom is -0.461 e. The zero-order valence-corrected chi connectivity index (χ0v) is 13.1. The van der Waals surface area contributed by atoms with Crippen molar-refractivity contribution in [3.05, 3.63) is 50.7 Å². The second-order valence-electron chi connectivity index (χ2n) is 4.78. The molecule has 3 rings (SSSR count). The van der Waals surface area contributed by atoms with E-state index in [2.05, 4.69) is 11.1 Å². The van der Waals surface area contributed by atoms with Gasteiger partial charge in [0.05, 0.1) is 12.3 Å². The number of fused-ring (bicyclic) bond motifs is 1. The number of rotatable bonds is 4. The molecule has 0 spiro atoms. The molecule has 0 saturated carbocycles. The van der Waals surface area contributed by atoms with Gasteiger partial charge < -0.3 is 4.74 Å². The Morgan fingerprint density at radius 3 is 2.81 bits per heavy atom. The van der Waals surface area contributed by atoms with Crippen LogP contribution in [0.5, 0.6) is 0 Å². The van der Waals surface area contributed by atoms with Crippen molar-refractivity contribution < 1.29 is 9.53 Å². The van der Waals surface area contributed by atoms with E-state index in [0.717, 1.165) is 22.0 Å². The third kappa shape index (κ3) is 3.17. The molecule has 3 nitrogen and oxygen atoms in total. The van der Waals surface area contributed by atoms with Gasteiger partial charge in [0.25, 0.3) is 0 Å². The van der Waals surface area contributed by atoms with Crippen LogP contribution in [-0.4, -0.2) is 18.3 Å². The Bertz CT molecular complexity index is 704. The van der Waals surface area contributed by atoms with E-state index >= 15 is 0 Å². The number of hydrogen-bond acceptors (Lipinski definition) is 4. The molecular weight excluding hydrogens is 306 g/mol. The molecule has 0 bridgehead atoms. The first-order chi connectivity index (χ1) is 10.2. The van der Waals surface area contributed by atoms with Gasteiger partial charge in [0.15, 0.2) is 0 Å². The Morgan fingerprint density at radius 2 is 2.14 bits per heavy atom. The Labute approximate surface area is 132 Å². The van der Waals surface area contributed by atoms with E-state index in [-0.39, 0.29) is 5.97 Å². The average molecular weight is 320 g/mol. The summed E-state index contributed by atoms with van der Waals surface area (Å²) in [5.41, 5.74) is 2.64. The summed E-state index contributed by atoms with van der Waals surface area (Å²) in [6.45, 7) is 2.18. The number of esters is 1.